The summed E-state index contributed by atoms with van der Waals surface area (Å²) in [5.74, 6) is 0.0135. The van der Waals surface area contributed by atoms with Crippen LogP contribution in [0.1, 0.15) is 37.8 Å². The van der Waals surface area contributed by atoms with Crippen molar-refractivity contribution in [2.75, 3.05) is 19.0 Å². The molecule has 1 fully saturated rings. The fourth-order valence-corrected chi connectivity index (χ4v) is 5.05. The first kappa shape index (κ1) is 23.8. The summed E-state index contributed by atoms with van der Waals surface area (Å²) in [4.78, 5) is 40.8. The maximum atomic E-state index is 13.8. The number of nitrogens with two attached hydrogens (primary N) is 1. The summed E-state index contributed by atoms with van der Waals surface area (Å²) in [6.07, 6.45) is 0.774. The van der Waals surface area contributed by atoms with Gasteiger partial charge in [0.15, 0.2) is 0 Å². The Balaban J connectivity index is 1.58. The average molecular weight is 465 g/mol. The summed E-state index contributed by atoms with van der Waals surface area (Å²) < 4.78 is 5.21. The Morgan fingerprint density at radius 2 is 1.91 bits per heavy atom. The van der Waals surface area contributed by atoms with E-state index in [2.05, 4.69) is 10.6 Å². The fraction of sp³-hybridized carbons (Fsp3) is 0.423. The number of methoxy groups -OCH3 is 1. The van der Waals surface area contributed by atoms with E-state index in [1.54, 1.807) is 7.11 Å². The molecule has 1 spiro atoms. The standard InChI is InChI=1S/C26H32N4O4/c1-16(2)12-21(28-14-17-8-10-18(34-3)11-9-17)24(32)30-15-26(13-22(30)23(27)31)19-6-4-5-7-20(19)29-25(26)33/h4-11,16,21-22,28H,12-15H2,1-3H3,(H2,27,31)(H,29,33)/t21-,22-,26-/m0/s1. The van der Waals surface area contributed by atoms with Gasteiger partial charge in [0, 0.05) is 18.8 Å². The fourth-order valence-electron chi connectivity index (χ4n) is 5.05. The van der Waals surface area contributed by atoms with Gasteiger partial charge in [-0.25, -0.2) is 0 Å². The van der Waals surface area contributed by atoms with Crippen molar-refractivity contribution < 1.29 is 19.1 Å². The van der Waals surface area contributed by atoms with Gasteiger partial charge in [-0.3, -0.25) is 14.4 Å². The van der Waals surface area contributed by atoms with Crippen LogP contribution in [0.3, 0.4) is 0 Å². The first-order valence-corrected chi connectivity index (χ1v) is 11.6. The molecule has 34 heavy (non-hydrogen) atoms. The highest BCUT2D eigenvalue weighted by atomic mass is 16.5. The van der Waals surface area contributed by atoms with Crippen molar-refractivity contribution in [3.05, 3.63) is 59.7 Å². The van der Waals surface area contributed by atoms with Crippen LogP contribution >= 0.6 is 0 Å². The predicted octanol–water partition coefficient (Wildman–Crippen LogP) is 2.18. The Hall–Kier alpha value is -3.39. The van der Waals surface area contributed by atoms with Gasteiger partial charge >= 0.3 is 0 Å². The second kappa shape index (κ2) is 9.46. The molecular formula is C26H32N4O4. The highest BCUT2D eigenvalue weighted by Crippen LogP contribution is 2.46. The monoisotopic (exact) mass is 464 g/mol. The minimum atomic E-state index is -0.968. The van der Waals surface area contributed by atoms with Gasteiger partial charge < -0.3 is 26.0 Å². The molecule has 8 nitrogen and oxygen atoms in total. The average Bonchev–Trinajstić information content (AvgIpc) is 3.35. The van der Waals surface area contributed by atoms with Crippen LogP contribution in [0.2, 0.25) is 0 Å². The highest BCUT2D eigenvalue weighted by Gasteiger charge is 2.57. The lowest BCUT2D eigenvalue weighted by molar-refractivity contribution is -0.139. The van der Waals surface area contributed by atoms with Crippen molar-refractivity contribution in [3.8, 4) is 5.75 Å². The quantitative estimate of drug-likeness (QED) is 0.554. The molecule has 0 bridgehead atoms. The molecule has 0 aliphatic carbocycles. The molecule has 180 valence electrons. The number of nitrogens with one attached hydrogen (secondary N) is 2. The molecule has 3 atom stereocenters. The minimum absolute atomic E-state index is 0.126. The topological polar surface area (TPSA) is 114 Å². The number of ether oxygens (including phenoxy) is 1. The Kier molecular flexibility index (Phi) is 6.61. The zero-order chi connectivity index (χ0) is 24.5. The number of primary amides is 1. The van der Waals surface area contributed by atoms with Gasteiger partial charge in [-0.2, -0.15) is 0 Å². The number of benzene rings is 2. The molecule has 2 aliphatic rings. The van der Waals surface area contributed by atoms with E-state index in [1.165, 1.54) is 4.90 Å². The molecule has 2 aromatic carbocycles. The molecule has 4 N–H and O–H groups in total. The van der Waals surface area contributed by atoms with Crippen molar-refractivity contribution in [1.29, 1.82) is 0 Å². The number of rotatable bonds is 8. The first-order chi connectivity index (χ1) is 16.2. The van der Waals surface area contributed by atoms with E-state index in [9.17, 15) is 14.4 Å². The number of nitrogens with zero attached hydrogens (tertiary/aromatic N) is 1. The number of carbonyl (C=O) groups excluding carboxylic acids is 3. The van der Waals surface area contributed by atoms with Gasteiger partial charge in [0.25, 0.3) is 0 Å². The number of hydrogen-bond acceptors (Lipinski definition) is 5. The van der Waals surface area contributed by atoms with Crippen LogP contribution in [0, 0.1) is 5.92 Å². The summed E-state index contributed by atoms with van der Waals surface area (Å²) in [5.41, 5.74) is 7.32. The van der Waals surface area contributed by atoms with Crippen molar-refractivity contribution >= 4 is 23.4 Å². The number of carbonyl (C=O) groups is 3. The second-order valence-corrected chi connectivity index (χ2v) is 9.58. The molecule has 0 saturated carbocycles. The van der Waals surface area contributed by atoms with E-state index in [-0.39, 0.29) is 30.7 Å². The third-order valence-corrected chi connectivity index (χ3v) is 6.81. The van der Waals surface area contributed by atoms with Gasteiger partial charge in [-0.05, 0) is 48.1 Å². The number of likely N-dealkylation sites (tertiary alicyclic amines) is 1. The van der Waals surface area contributed by atoms with Crippen LogP contribution < -0.4 is 21.1 Å². The predicted molar refractivity (Wildman–Crippen MR) is 129 cm³/mol. The summed E-state index contributed by atoms with van der Waals surface area (Å²) in [6, 6.07) is 13.7. The summed E-state index contributed by atoms with van der Waals surface area (Å²) in [6.45, 7) is 4.71. The lowest BCUT2D eigenvalue weighted by Crippen LogP contribution is -2.52. The number of anilines is 1. The maximum absolute atomic E-state index is 13.8. The molecule has 0 unspecified atom stereocenters. The van der Waals surface area contributed by atoms with Crippen LogP contribution in [0.15, 0.2) is 48.5 Å². The van der Waals surface area contributed by atoms with E-state index in [4.69, 9.17) is 10.5 Å². The Labute approximate surface area is 199 Å². The molecular weight excluding hydrogens is 432 g/mol. The summed E-state index contributed by atoms with van der Waals surface area (Å²) in [5, 5.41) is 6.28. The largest absolute Gasteiger partial charge is 0.497 e. The zero-order valence-corrected chi connectivity index (χ0v) is 19.8. The molecule has 2 aliphatic heterocycles. The number of amides is 3. The van der Waals surface area contributed by atoms with E-state index in [0.29, 0.717) is 13.0 Å². The van der Waals surface area contributed by atoms with E-state index in [1.807, 2.05) is 62.4 Å². The molecule has 0 aromatic heterocycles. The molecule has 2 aromatic rings. The molecule has 4 rings (SSSR count). The summed E-state index contributed by atoms with van der Waals surface area (Å²) in [7, 11) is 1.62. The van der Waals surface area contributed by atoms with E-state index >= 15 is 0 Å². The Bertz CT molecular complexity index is 1080. The van der Waals surface area contributed by atoms with Crippen LogP contribution in [0.25, 0.3) is 0 Å². The van der Waals surface area contributed by atoms with Crippen molar-refractivity contribution in [2.45, 2.75) is 50.7 Å². The zero-order valence-electron chi connectivity index (χ0n) is 19.8. The third-order valence-electron chi connectivity index (χ3n) is 6.81. The SMILES string of the molecule is COc1ccc(CN[C@@H](CC(C)C)C(=O)N2C[C@]3(C[C@H]2C(N)=O)C(=O)Nc2ccccc23)cc1. The number of hydrogen-bond donors (Lipinski definition) is 3. The second-order valence-electron chi connectivity index (χ2n) is 9.58. The van der Waals surface area contributed by atoms with Crippen molar-refractivity contribution in [1.82, 2.24) is 10.2 Å². The van der Waals surface area contributed by atoms with E-state index in [0.717, 1.165) is 22.6 Å². The number of para-hydroxylation sites is 1. The van der Waals surface area contributed by atoms with Crippen molar-refractivity contribution in [2.24, 2.45) is 11.7 Å². The summed E-state index contributed by atoms with van der Waals surface area (Å²) >= 11 is 0. The number of fused-ring (bicyclic) bond motifs is 2. The highest BCUT2D eigenvalue weighted by molar-refractivity contribution is 6.08. The lowest BCUT2D eigenvalue weighted by atomic mass is 9.79. The molecule has 8 heteroatoms. The minimum Gasteiger partial charge on any atom is -0.497 e. The van der Waals surface area contributed by atoms with Gasteiger partial charge in [-0.15, -0.1) is 0 Å². The van der Waals surface area contributed by atoms with Gasteiger partial charge in [-0.1, -0.05) is 44.2 Å². The van der Waals surface area contributed by atoms with Crippen LogP contribution in [-0.2, 0) is 26.3 Å². The lowest BCUT2D eigenvalue weighted by Gasteiger charge is -2.29. The Morgan fingerprint density at radius 3 is 2.56 bits per heavy atom. The van der Waals surface area contributed by atoms with Gasteiger partial charge in [0.05, 0.1) is 18.6 Å². The van der Waals surface area contributed by atoms with Gasteiger partial charge in [0.2, 0.25) is 17.7 Å². The third kappa shape index (κ3) is 4.37. The van der Waals surface area contributed by atoms with Crippen LogP contribution in [0.5, 0.6) is 5.75 Å². The molecule has 1 saturated heterocycles. The smallest absolute Gasteiger partial charge is 0.240 e. The molecule has 2 heterocycles. The maximum Gasteiger partial charge on any atom is 0.240 e. The van der Waals surface area contributed by atoms with Crippen LogP contribution in [-0.4, -0.2) is 48.4 Å². The van der Waals surface area contributed by atoms with Gasteiger partial charge in [0.1, 0.15) is 11.8 Å². The first-order valence-electron chi connectivity index (χ1n) is 11.6. The normalized spacial score (nSPS) is 22.1. The Morgan fingerprint density at radius 1 is 1.21 bits per heavy atom. The van der Waals surface area contributed by atoms with Crippen LogP contribution in [0.4, 0.5) is 5.69 Å². The van der Waals surface area contributed by atoms with E-state index < -0.39 is 23.4 Å². The van der Waals surface area contributed by atoms with Crippen molar-refractivity contribution in [3.63, 3.8) is 0 Å². The molecule has 3 amide bonds. The molecule has 0 radical (unpaired) electrons.